The van der Waals surface area contributed by atoms with Crippen LogP contribution in [0, 0.1) is 0 Å². The Hall–Kier alpha value is -2.43. The minimum atomic E-state index is -1.43. The normalized spacial score (nSPS) is 10.1. The summed E-state index contributed by atoms with van der Waals surface area (Å²) in [6.45, 7) is 0. The SMILES string of the molecule is O=C(O)C(=O)Cc1cn[nH]c1-c1ccccc1. The van der Waals surface area contributed by atoms with Crippen molar-refractivity contribution in [2.24, 2.45) is 0 Å². The number of H-pyrrole nitrogens is 1. The van der Waals surface area contributed by atoms with Crippen molar-refractivity contribution in [3.05, 3.63) is 42.1 Å². The Bertz CT molecular complexity index is 546. The third-order valence-electron chi connectivity index (χ3n) is 2.37. The Morgan fingerprint density at radius 2 is 1.94 bits per heavy atom. The molecule has 0 aliphatic rings. The number of aromatic nitrogens is 2. The van der Waals surface area contributed by atoms with Gasteiger partial charge < -0.3 is 5.11 Å². The molecule has 1 heterocycles. The van der Waals surface area contributed by atoms with Gasteiger partial charge in [-0.3, -0.25) is 9.89 Å². The van der Waals surface area contributed by atoms with E-state index in [1.54, 1.807) is 0 Å². The average Bonchev–Trinajstić information content (AvgIpc) is 2.78. The molecule has 0 aliphatic carbocycles. The first-order chi connectivity index (χ1) is 8.18. The first kappa shape index (κ1) is 11.1. The monoisotopic (exact) mass is 230 g/mol. The smallest absolute Gasteiger partial charge is 0.372 e. The molecular formula is C12H10N2O3. The molecule has 1 aromatic carbocycles. The van der Waals surface area contributed by atoms with Gasteiger partial charge in [0.1, 0.15) is 0 Å². The largest absolute Gasteiger partial charge is 0.475 e. The topological polar surface area (TPSA) is 83.0 Å². The van der Waals surface area contributed by atoms with Gasteiger partial charge in [-0.25, -0.2) is 4.79 Å². The van der Waals surface area contributed by atoms with Crippen LogP contribution in [0.2, 0.25) is 0 Å². The van der Waals surface area contributed by atoms with Crippen LogP contribution in [0.3, 0.4) is 0 Å². The van der Waals surface area contributed by atoms with E-state index in [2.05, 4.69) is 10.2 Å². The molecule has 0 saturated carbocycles. The van der Waals surface area contributed by atoms with Crippen molar-refractivity contribution < 1.29 is 14.7 Å². The molecule has 0 unspecified atom stereocenters. The molecule has 2 N–H and O–H groups in total. The number of hydrogen-bond donors (Lipinski definition) is 2. The van der Waals surface area contributed by atoms with Crippen molar-refractivity contribution in [3.63, 3.8) is 0 Å². The molecular weight excluding hydrogens is 220 g/mol. The summed E-state index contributed by atoms with van der Waals surface area (Å²) in [7, 11) is 0. The number of rotatable bonds is 4. The number of benzene rings is 1. The summed E-state index contributed by atoms with van der Waals surface area (Å²) in [4.78, 5) is 21.6. The van der Waals surface area contributed by atoms with Gasteiger partial charge in [-0.2, -0.15) is 5.10 Å². The number of nitrogens with one attached hydrogen (secondary N) is 1. The lowest BCUT2D eigenvalue weighted by atomic mass is 10.0. The van der Waals surface area contributed by atoms with Gasteiger partial charge in [-0.1, -0.05) is 30.3 Å². The fourth-order valence-corrected chi connectivity index (χ4v) is 1.55. The van der Waals surface area contributed by atoms with Crippen molar-refractivity contribution in [1.82, 2.24) is 10.2 Å². The second-order valence-electron chi connectivity index (χ2n) is 3.54. The summed E-state index contributed by atoms with van der Waals surface area (Å²) in [5.41, 5.74) is 2.14. The van der Waals surface area contributed by atoms with Crippen LogP contribution in [0.15, 0.2) is 36.5 Å². The lowest BCUT2D eigenvalue weighted by Crippen LogP contribution is -2.15. The van der Waals surface area contributed by atoms with E-state index in [1.165, 1.54) is 6.20 Å². The molecule has 2 aromatic rings. The van der Waals surface area contributed by atoms with Gasteiger partial charge in [-0.05, 0) is 5.56 Å². The maximum Gasteiger partial charge on any atom is 0.372 e. The van der Waals surface area contributed by atoms with Crippen LogP contribution in [0.1, 0.15) is 5.56 Å². The Morgan fingerprint density at radius 3 is 2.59 bits per heavy atom. The summed E-state index contributed by atoms with van der Waals surface area (Å²) in [5, 5.41) is 15.2. The summed E-state index contributed by atoms with van der Waals surface area (Å²) < 4.78 is 0. The molecule has 17 heavy (non-hydrogen) atoms. The molecule has 0 amide bonds. The number of carboxylic acid groups (broad SMARTS) is 1. The zero-order chi connectivity index (χ0) is 12.3. The van der Waals surface area contributed by atoms with Gasteiger partial charge in [0, 0.05) is 12.0 Å². The highest BCUT2D eigenvalue weighted by Crippen LogP contribution is 2.20. The maximum absolute atomic E-state index is 11.2. The number of ketones is 1. The molecule has 0 fully saturated rings. The van der Waals surface area contributed by atoms with Crippen LogP contribution in [-0.4, -0.2) is 27.1 Å². The van der Waals surface area contributed by atoms with Gasteiger partial charge in [0.05, 0.1) is 11.9 Å². The molecule has 86 valence electrons. The van der Waals surface area contributed by atoms with Crippen molar-refractivity contribution in [3.8, 4) is 11.3 Å². The van der Waals surface area contributed by atoms with Crippen LogP contribution in [0.5, 0.6) is 0 Å². The minimum absolute atomic E-state index is 0.157. The average molecular weight is 230 g/mol. The Labute approximate surface area is 97.1 Å². The summed E-state index contributed by atoms with van der Waals surface area (Å²) in [6.07, 6.45) is 1.32. The lowest BCUT2D eigenvalue weighted by Gasteiger charge is -2.00. The number of carbonyl (C=O) groups is 2. The number of carboxylic acids is 1. The van der Waals surface area contributed by atoms with Crippen LogP contribution in [0.25, 0.3) is 11.3 Å². The first-order valence-electron chi connectivity index (χ1n) is 5.02. The predicted octanol–water partition coefficient (Wildman–Crippen LogP) is 1.27. The molecule has 0 radical (unpaired) electrons. The molecule has 5 heteroatoms. The molecule has 0 atom stereocenters. The van der Waals surface area contributed by atoms with E-state index >= 15 is 0 Å². The second-order valence-corrected chi connectivity index (χ2v) is 3.54. The quantitative estimate of drug-likeness (QED) is 0.775. The van der Waals surface area contributed by atoms with Crippen LogP contribution >= 0.6 is 0 Å². The van der Waals surface area contributed by atoms with E-state index in [0.29, 0.717) is 11.3 Å². The second kappa shape index (κ2) is 4.61. The van der Waals surface area contributed by atoms with Gasteiger partial charge in [0.2, 0.25) is 5.78 Å². The fourth-order valence-electron chi connectivity index (χ4n) is 1.55. The van der Waals surface area contributed by atoms with Crippen molar-refractivity contribution in [2.75, 3.05) is 0 Å². The third-order valence-corrected chi connectivity index (χ3v) is 2.37. The van der Waals surface area contributed by atoms with E-state index in [1.807, 2.05) is 30.3 Å². The van der Waals surface area contributed by atoms with E-state index in [9.17, 15) is 9.59 Å². The molecule has 2 rings (SSSR count). The minimum Gasteiger partial charge on any atom is -0.475 e. The number of aliphatic carboxylic acids is 1. The number of hydrogen-bond acceptors (Lipinski definition) is 3. The molecule has 1 aromatic heterocycles. The first-order valence-corrected chi connectivity index (χ1v) is 5.02. The standard InChI is InChI=1S/C12H10N2O3/c15-10(12(16)17)6-9-7-13-14-11(9)8-4-2-1-3-5-8/h1-5,7H,6H2,(H,13,14)(H,16,17). The Morgan fingerprint density at radius 1 is 1.24 bits per heavy atom. The van der Waals surface area contributed by atoms with Crippen molar-refractivity contribution in [2.45, 2.75) is 6.42 Å². The summed E-state index contributed by atoms with van der Waals surface area (Å²) in [6, 6.07) is 9.32. The number of aromatic amines is 1. The zero-order valence-corrected chi connectivity index (χ0v) is 8.88. The predicted molar refractivity (Wildman–Crippen MR) is 60.4 cm³/mol. The maximum atomic E-state index is 11.2. The lowest BCUT2D eigenvalue weighted by molar-refractivity contribution is -0.148. The third kappa shape index (κ3) is 2.39. The highest BCUT2D eigenvalue weighted by molar-refractivity contribution is 6.33. The summed E-state index contributed by atoms with van der Waals surface area (Å²) in [5.74, 6) is -2.27. The zero-order valence-electron chi connectivity index (χ0n) is 8.88. The molecule has 5 nitrogen and oxygen atoms in total. The highest BCUT2D eigenvalue weighted by atomic mass is 16.4. The van der Waals surface area contributed by atoms with E-state index in [-0.39, 0.29) is 6.42 Å². The molecule has 0 spiro atoms. The van der Waals surface area contributed by atoms with E-state index in [4.69, 9.17) is 5.11 Å². The number of Topliss-reactive ketones (excluding diaryl/α,β-unsaturated/α-hetero) is 1. The molecule has 0 aliphatic heterocycles. The van der Waals surface area contributed by atoms with Crippen LogP contribution in [-0.2, 0) is 16.0 Å². The fraction of sp³-hybridized carbons (Fsp3) is 0.0833. The Kier molecular flexibility index (Phi) is 3.00. The van der Waals surface area contributed by atoms with Gasteiger partial charge >= 0.3 is 5.97 Å². The summed E-state index contributed by atoms with van der Waals surface area (Å²) >= 11 is 0. The number of carbonyl (C=O) groups excluding carboxylic acids is 1. The molecule has 0 bridgehead atoms. The molecule has 0 saturated heterocycles. The van der Waals surface area contributed by atoms with Crippen molar-refractivity contribution in [1.29, 1.82) is 0 Å². The van der Waals surface area contributed by atoms with E-state index < -0.39 is 11.8 Å². The van der Waals surface area contributed by atoms with Crippen LogP contribution < -0.4 is 0 Å². The Balaban J connectivity index is 2.30. The van der Waals surface area contributed by atoms with E-state index in [0.717, 1.165) is 5.56 Å². The number of nitrogens with zero attached hydrogens (tertiary/aromatic N) is 1. The highest BCUT2D eigenvalue weighted by Gasteiger charge is 2.16. The van der Waals surface area contributed by atoms with Crippen molar-refractivity contribution >= 4 is 11.8 Å². The van der Waals surface area contributed by atoms with Gasteiger partial charge in [0.15, 0.2) is 0 Å². The van der Waals surface area contributed by atoms with Crippen LogP contribution in [0.4, 0.5) is 0 Å². The van der Waals surface area contributed by atoms with Gasteiger partial charge in [-0.15, -0.1) is 0 Å². The van der Waals surface area contributed by atoms with Gasteiger partial charge in [0.25, 0.3) is 0 Å².